The number of aryl methyl sites for hydroxylation is 1. The number of thiazole rings is 1. The number of nitrogens with one attached hydrogen (secondary N) is 3. The highest BCUT2D eigenvalue weighted by atomic mass is 32.2. The molecule has 2 unspecified atom stereocenters. The number of oxime groups is 1. The second-order valence-corrected chi connectivity index (χ2v) is 13.9. The summed E-state index contributed by atoms with van der Waals surface area (Å²) in [6.45, 7) is 1.58. The fourth-order valence-corrected chi connectivity index (χ4v) is 7.96. The van der Waals surface area contributed by atoms with Gasteiger partial charge in [-0.05, 0) is 6.92 Å². The zero-order chi connectivity index (χ0) is 32.0. The van der Waals surface area contributed by atoms with E-state index >= 15 is 0 Å². The molecule has 0 radical (unpaired) electrons. The van der Waals surface area contributed by atoms with E-state index < -0.39 is 48.5 Å². The molecule has 0 spiro atoms. The minimum Gasteiger partial charge on any atom is -0.543 e. The predicted molar refractivity (Wildman–Crippen MR) is 159 cm³/mol. The molecule has 1 aliphatic heterocycles. The third kappa shape index (κ3) is 8.74. The Hall–Kier alpha value is -3.59. The summed E-state index contributed by atoms with van der Waals surface area (Å²) in [4.78, 5) is 69.2. The second kappa shape index (κ2) is 14.5. The first-order valence-electron chi connectivity index (χ1n) is 12.2. The molecule has 1 amide bonds. The maximum Gasteiger partial charge on any atom is 0.429 e. The average molecular weight is 703 g/mol. The smallest absolute Gasteiger partial charge is 0.429 e. The maximum atomic E-state index is 13.1. The number of aromatic nitrogens is 4. The van der Waals surface area contributed by atoms with Crippen molar-refractivity contribution in [2.45, 2.75) is 22.7 Å². The van der Waals surface area contributed by atoms with Gasteiger partial charge in [-0.1, -0.05) is 16.9 Å². The minimum atomic E-state index is -4.73. The van der Waals surface area contributed by atoms with Gasteiger partial charge in [0.15, 0.2) is 22.8 Å². The number of carboxylic acids is 2. The largest absolute Gasteiger partial charge is 0.543 e. The number of thioether (sulfide) groups is 2. The summed E-state index contributed by atoms with van der Waals surface area (Å²) in [6, 6.07) is 2.11. The number of hydrogen-bond acceptors (Lipinski definition) is 15. The van der Waals surface area contributed by atoms with E-state index in [4.69, 9.17) is 14.6 Å². The van der Waals surface area contributed by atoms with Gasteiger partial charge in [-0.2, -0.15) is 9.36 Å². The normalized spacial score (nSPS) is 16.2. The van der Waals surface area contributed by atoms with Crippen molar-refractivity contribution < 1.29 is 48.4 Å². The first-order chi connectivity index (χ1) is 20.8. The van der Waals surface area contributed by atoms with E-state index in [0.29, 0.717) is 26.5 Å². The molecule has 6 N–H and O–H groups in total. The Bertz CT molecular complexity index is 1660. The molecule has 3 aromatic heterocycles. The number of carbonyl (C=O) groups excluding carboxylic acids is 2. The van der Waals surface area contributed by atoms with Gasteiger partial charge in [0.25, 0.3) is 5.91 Å². The van der Waals surface area contributed by atoms with Gasteiger partial charge in [-0.3, -0.25) is 9.88 Å². The van der Waals surface area contributed by atoms with Crippen LogP contribution in [0.25, 0.3) is 11.3 Å². The highest BCUT2D eigenvalue weighted by molar-refractivity contribution is 8.07. The fourth-order valence-electron chi connectivity index (χ4n) is 3.43. The van der Waals surface area contributed by atoms with E-state index in [1.165, 1.54) is 11.3 Å². The first-order valence-corrected chi connectivity index (χ1v) is 17.3. The Balaban J connectivity index is 1.51. The van der Waals surface area contributed by atoms with Gasteiger partial charge >= 0.3 is 13.7 Å². The van der Waals surface area contributed by atoms with E-state index in [1.54, 1.807) is 6.92 Å². The summed E-state index contributed by atoms with van der Waals surface area (Å²) in [5.41, 5.74) is 0.666. The van der Waals surface area contributed by atoms with Crippen molar-refractivity contribution in [2.24, 2.45) is 12.2 Å². The highest BCUT2D eigenvalue weighted by Crippen LogP contribution is 2.38. The Morgan fingerprint density at radius 1 is 1.32 bits per heavy atom. The topological polar surface area (TPSA) is 252 Å². The van der Waals surface area contributed by atoms with E-state index in [1.807, 2.05) is 46.6 Å². The van der Waals surface area contributed by atoms with Gasteiger partial charge in [0, 0.05) is 45.3 Å². The van der Waals surface area contributed by atoms with Crippen molar-refractivity contribution in [1.29, 1.82) is 0 Å². The summed E-state index contributed by atoms with van der Waals surface area (Å²) >= 11 is 3.96. The van der Waals surface area contributed by atoms with Crippen LogP contribution in [0.4, 0.5) is 5.13 Å². The van der Waals surface area contributed by atoms with Crippen LogP contribution in [-0.4, -0.2) is 76.6 Å². The van der Waals surface area contributed by atoms with Crippen LogP contribution in [0.5, 0.6) is 0 Å². The Labute approximate surface area is 265 Å². The first kappa shape index (κ1) is 33.3. The Kier molecular flexibility index (Phi) is 10.9. The summed E-state index contributed by atoms with van der Waals surface area (Å²) in [5, 5.41) is 32.7. The van der Waals surface area contributed by atoms with E-state index in [2.05, 4.69) is 30.1 Å². The number of carboxylic acid groups (broad SMARTS) is 2. The van der Waals surface area contributed by atoms with Crippen molar-refractivity contribution in [3.63, 3.8) is 0 Å². The van der Waals surface area contributed by atoms with Gasteiger partial charge < -0.3 is 40.3 Å². The van der Waals surface area contributed by atoms with Crippen molar-refractivity contribution in [3.05, 3.63) is 46.3 Å². The van der Waals surface area contributed by atoms with Gasteiger partial charge in [-0.25, -0.2) is 18.9 Å². The zero-order valence-electron chi connectivity index (χ0n) is 22.6. The Morgan fingerprint density at radius 2 is 2.05 bits per heavy atom. The molecule has 3 aromatic rings. The molecule has 234 valence electrons. The molecule has 4 rings (SSSR count). The lowest BCUT2D eigenvalue weighted by Crippen LogP contribution is -2.56. The molecule has 0 fully saturated rings. The third-order valence-electron chi connectivity index (χ3n) is 5.37. The van der Waals surface area contributed by atoms with Gasteiger partial charge in [-0.15, -0.1) is 23.1 Å². The molecule has 1 aliphatic rings. The molecule has 44 heavy (non-hydrogen) atoms. The van der Waals surface area contributed by atoms with Crippen LogP contribution in [0.15, 0.2) is 50.0 Å². The molecular weight excluding hydrogens is 680 g/mol. The van der Waals surface area contributed by atoms with Crippen LogP contribution in [0.1, 0.15) is 12.7 Å². The molecule has 4 heterocycles. The summed E-state index contributed by atoms with van der Waals surface area (Å²) < 4.78 is 17.5. The zero-order valence-corrected chi connectivity index (χ0v) is 26.7. The van der Waals surface area contributed by atoms with Crippen molar-refractivity contribution in [1.82, 2.24) is 25.0 Å². The number of rotatable bonds is 13. The van der Waals surface area contributed by atoms with Gasteiger partial charge in [0.2, 0.25) is 16.7 Å². The quantitative estimate of drug-likeness (QED) is 0.0580. The standard InChI is InChI=1S/C22H23N8O9PS4/c1-3-39-27-14(16-26-21(44-29-16)28-40(36,37)38)17(31)24-15(20(34)35)18-25-13(19(32)33)12(9-41-18)43-22-23-11(8-42-22)10-4-6-30(2)7-5-10/h4-8,15,18,25H,3,9H2,1-2H3,(H5-,24,26,28,29,31,32,33,34,35,36,37,38)/b27-14-. The van der Waals surface area contributed by atoms with Crippen molar-refractivity contribution in [3.8, 4) is 11.3 Å². The number of amides is 1. The van der Waals surface area contributed by atoms with Gasteiger partial charge in [0.05, 0.1) is 17.4 Å². The second-order valence-electron chi connectivity index (χ2n) is 8.54. The lowest BCUT2D eigenvalue weighted by Gasteiger charge is -2.32. The lowest BCUT2D eigenvalue weighted by atomic mass is 10.2. The minimum absolute atomic E-state index is 0.0157. The fraction of sp³-hybridized carbons (Fsp3) is 0.273. The lowest BCUT2D eigenvalue weighted by molar-refractivity contribution is -0.671. The molecule has 22 heteroatoms. The van der Waals surface area contributed by atoms with Crippen LogP contribution in [0.2, 0.25) is 0 Å². The number of hydrogen-bond donors (Lipinski definition) is 6. The van der Waals surface area contributed by atoms with Crippen molar-refractivity contribution in [2.75, 3.05) is 17.4 Å². The number of aliphatic carboxylic acids is 2. The number of nitrogens with zero attached hydrogens (tertiary/aromatic N) is 5. The van der Waals surface area contributed by atoms with Crippen LogP contribution in [0.3, 0.4) is 0 Å². The molecule has 0 saturated heterocycles. The van der Waals surface area contributed by atoms with Crippen LogP contribution < -0.4 is 25.4 Å². The third-order valence-corrected chi connectivity index (χ3v) is 10.1. The molecule has 2 atom stereocenters. The SMILES string of the molecule is CCO/N=C(\C(=O)NC(C(=O)O)C1NC(C(=O)[O-])=C(Sc2nc(-c3cc[n+](C)cc3)cs2)CS1)c1nsc(NP(=O)(O)O)n1. The number of pyridine rings is 1. The number of carbonyl (C=O) groups is 3. The molecule has 0 aromatic carbocycles. The van der Waals surface area contributed by atoms with Crippen LogP contribution >= 0.6 is 54.1 Å². The summed E-state index contributed by atoms with van der Waals surface area (Å²) in [7, 11) is -2.84. The molecule has 0 bridgehead atoms. The highest BCUT2D eigenvalue weighted by Gasteiger charge is 2.36. The van der Waals surface area contributed by atoms with E-state index in [9.17, 15) is 29.2 Å². The summed E-state index contributed by atoms with van der Waals surface area (Å²) in [5.74, 6) is -4.50. The molecular formula is C22H23N8O9PS4. The van der Waals surface area contributed by atoms with Crippen LogP contribution in [-0.2, 0) is 30.8 Å². The van der Waals surface area contributed by atoms with Crippen LogP contribution in [0, 0.1) is 0 Å². The molecule has 17 nitrogen and oxygen atoms in total. The average Bonchev–Trinajstić information content (AvgIpc) is 3.61. The Morgan fingerprint density at radius 3 is 2.68 bits per heavy atom. The number of anilines is 1. The van der Waals surface area contributed by atoms with E-state index in [-0.39, 0.29) is 23.2 Å². The maximum absolute atomic E-state index is 13.1. The monoisotopic (exact) mass is 702 g/mol. The van der Waals surface area contributed by atoms with Crippen molar-refractivity contribution >= 4 is 82.8 Å². The predicted octanol–water partition coefficient (Wildman–Crippen LogP) is -0.283. The summed E-state index contributed by atoms with van der Waals surface area (Å²) in [6.07, 6.45) is 3.75. The molecule has 0 aliphatic carbocycles. The van der Waals surface area contributed by atoms with E-state index in [0.717, 1.165) is 29.1 Å². The molecule has 0 saturated carbocycles. The van der Waals surface area contributed by atoms with Gasteiger partial charge in [0.1, 0.15) is 19.0 Å².